The molecule has 6 aromatic carbocycles. The number of aromatic nitrogens is 4. The molecule has 0 bridgehead atoms. The van der Waals surface area contributed by atoms with Crippen LogP contribution < -0.4 is 0 Å². The summed E-state index contributed by atoms with van der Waals surface area (Å²) in [5.41, 5.74) is 16.5. The summed E-state index contributed by atoms with van der Waals surface area (Å²) in [6.45, 7) is 15.2. The quantitative estimate of drug-likeness (QED) is 0.175. The molecule has 0 amide bonds. The molecule has 300 valence electrons. The molecular weight excluding hydrogens is 745 g/mol. The number of pyridine rings is 2. The molecular formula is C56H50N4O. The minimum Gasteiger partial charge on any atom is -0.507 e. The number of phenols is 1. The summed E-state index contributed by atoms with van der Waals surface area (Å²) in [5.74, 6) is 0.891. The van der Waals surface area contributed by atoms with E-state index in [0.29, 0.717) is 11.4 Å². The molecule has 0 atom stereocenters. The number of aryl methyl sites for hydroxylation is 1. The molecule has 61 heavy (non-hydrogen) atoms. The lowest BCUT2D eigenvalue weighted by Gasteiger charge is -2.27. The van der Waals surface area contributed by atoms with Gasteiger partial charge in [0.05, 0.1) is 28.7 Å². The first kappa shape index (κ1) is 39.4. The highest BCUT2D eigenvalue weighted by Gasteiger charge is 2.29. The van der Waals surface area contributed by atoms with Gasteiger partial charge in [0.2, 0.25) is 0 Å². The SMILES string of the molecule is Cc1cnc(-c2cccc(-c3cncc4c3nc(-c3cc(C(C)(C)C)cc(C(C)(C)C)c3O)n4-c3ccccc3-c3ccccc3)c2)cc1-c1ccc(-c2ccccc2)cc1. The molecule has 0 saturated heterocycles. The molecule has 0 spiro atoms. The fourth-order valence-corrected chi connectivity index (χ4v) is 8.28. The third-order valence-electron chi connectivity index (χ3n) is 11.7. The molecule has 0 aliphatic heterocycles. The fraction of sp³-hybridized carbons (Fsp3) is 0.161. The van der Waals surface area contributed by atoms with Gasteiger partial charge in [-0.2, -0.15) is 0 Å². The van der Waals surface area contributed by atoms with E-state index < -0.39 is 0 Å². The lowest BCUT2D eigenvalue weighted by atomic mass is 9.79. The minimum atomic E-state index is -0.318. The molecule has 0 aliphatic rings. The maximum absolute atomic E-state index is 12.3. The van der Waals surface area contributed by atoms with Crippen LogP contribution in [0.2, 0.25) is 0 Å². The number of benzene rings is 6. The zero-order valence-corrected chi connectivity index (χ0v) is 35.9. The van der Waals surface area contributed by atoms with Gasteiger partial charge in [0.1, 0.15) is 17.1 Å². The summed E-state index contributed by atoms with van der Waals surface area (Å²) in [7, 11) is 0. The van der Waals surface area contributed by atoms with Crippen molar-refractivity contribution in [2.75, 3.05) is 0 Å². The van der Waals surface area contributed by atoms with Gasteiger partial charge in [-0.3, -0.25) is 14.5 Å². The van der Waals surface area contributed by atoms with Gasteiger partial charge in [0.25, 0.3) is 0 Å². The van der Waals surface area contributed by atoms with Gasteiger partial charge in [-0.1, -0.05) is 169 Å². The average Bonchev–Trinajstić information content (AvgIpc) is 3.66. The van der Waals surface area contributed by atoms with Crippen molar-refractivity contribution in [3.63, 3.8) is 0 Å². The van der Waals surface area contributed by atoms with E-state index in [9.17, 15) is 5.11 Å². The first-order chi connectivity index (χ1) is 29.3. The van der Waals surface area contributed by atoms with E-state index in [1.54, 1.807) is 0 Å². The molecule has 0 aliphatic carbocycles. The average molecular weight is 795 g/mol. The number of para-hydroxylation sites is 1. The standard InChI is InChI=1S/C56H50N4O/c1-36-33-58-49(32-45(36)40-27-25-38(26-28-40)37-17-10-8-11-18-37)42-22-16-21-41(29-42)47-34-57-35-51-52(47)59-54(46-30-43(55(2,3)4)31-48(53(46)61)56(5,6)7)60(51)50-24-15-14-23-44(50)39-19-12-9-13-20-39/h8-35,61H,1-7H3. The largest absolute Gasteiger partial charge is 0.507 e. The predicted octanol–water partition coefficient (Wildman–Crippen LogP) is 14.4. The van der Waals surface area contributed by atoms with Crippen molar-refractivity contribution in [3.05, 3.63) is 187 Å². The maximum Gasteiger partial charge on any atom is 0.149 e. The highest BCUT2D eigenvalue weighted by atomic mass is 16.3. The van der Waals surface area contributed by atoms with Crippen LogP contribution in [-0.4, -0.2) is 24.6 Å². The number of fused-ring (bicyclic) bond motifs is 1. The van der Waals surface area contributed by atoms with Gasteiger partial charge in [-0.05, 0) is 86.5 Å². The fourth-order valence-electron chi connectivity index (χ4n) is 8.28. The van der Waals surface area contributed by atoms with Crippen LogP contribution in [0.5, 0.6) is 5.75 Å². The van der Waals surface area contributed by atoms with Crippen LogP contribution >= 0.6 is 0 Å². The third-order valence-corrected chi connectivity index (χ3v) is 11.7. The van der Waals surface area contributed by atoms with E-state index in [1.165, 1.54) is 11.1 Å². The number of nitrogens with zero attached hydrogens (tertiary/aromatic N) is 4. The number of phenolic OH excluding ortho intramolecular Hbond substituents is 1. The van der Waals surface area contributed by atoms with Gasteiger partial charge in [-0.15, -0.1) is 0 Å². The van der Waals surface area contributed by atoms with E-state index in [4.69, 9.17) is 15.0 Å². The molecule has 0 saturated carbocycles. The molecule has 5 nitrogen and oxygen atoms in total. The lowest BCUT2D eigenvalue weighted by Crippen LogP contribution is -2.17. The highest BCUT2D eigenvalue weighted by molar-refractivity contribution is 5.97. The molecule has 3 heterocycles. The van der Waals surface area contributed by atoms with Crippen molar-refractivity contribution in [1.29, 1.82) is 0 Å². The number of hydrogen-bond acceptors (Lipinski definition) is 4. The summed E-state index contributed by atoms with van der Waals surface area (Å²) in [4.78, 5) is 15.3. The summed E-state index contributed by atoms with van der Waals surface area (Å²) in [5, 5.41) is 12.3. The van der Waals surface area contributed by atoms with Crippen LogP contribution in [0.25, 0.3) is 83.9 Å². The van der Waals surface area contributed by atoms with Crippen molar-refractivity contribution in [2.45, 2.75) is 59.3 Å². The molecule has 9 rings (SSSR count). The molecule has 0 fully saturated rings. The topological polar surface area (TPSA) is 63.8 Å². The van der Waals surface area contributed by atoms with Gasteiger partial charge in [-0.25, -0.2) is 4.98 Å². The summed E-state index contributed by atoms with van der Waals surface area (Å²) in [6.07, 6.45) is 5.76. The molecule has 0 radical (unpaired) electrons. The molecule has 1 N–H and O–H groups in total. The second-order valence-electron chi connectivity index (χ2n) is 18.0. The van der Waals surface area contributed by atoms with Crippen molar-refractivity contribution >= 4 is 11.0 Å². The van der Waals surface area contributed by atoms with E-state index >= 15 is 0 Å². The first-order valence-corrected chi connectivity index (χ1v) is 21.0. The second-order valence-corrected chi connectivity index (χ2v) is 18.0. The Morgan fingerprint density at radius 3 is 1.80 bits per heavy atom. The Morgan fingerprint density at radius 1 is 0.492 bits per heavy atom. The Balaban J connectivity index is 1.22. The Labute approximate surface area is 359 Å². The smallest absolute Gasteiger partial charge is 0.149 e. The van der Waals surface area contributed by atoms with Crippen LogP contribution in [0.4, 0.5) is 0 Å². The zero-order valence-electron chi connectivity index (χ0n) is 35.9. The molecule has 9 aromatic rings. The zero-order chi connectivity index (χ0) is 42.5. The summed E-state index contributed by atoms with van der Waals surface area (Å²) in [6, 6.07) is 53.0. The van der Waals surface area contributed by atoms with E-state index in [0.717, 1.165) is 78.0 Å². The molecule has 5 heteroatoms. The monoisotopic (exact) mass is 794 g/mol. The predicted molar refractivity (Wildman–Crippen MR) is 253 cm³/mol. The summed E-state index contributed by atoms with van der Waals surface area (Å²) >= 11 is 0. The molecule has 3 aromatic heterocycles. The van der Waals surface area contributed by atoms with E-state index in [2.05, 4.69) is 193 Å². The number of aromatic hydroxyl groups is 1. The molecule has 0 unspecified atom stereocenters. The van der Waals surface area contributed by atoms with Crippen molar-refractivity contribution in [1.82, 2.24) is 19.5 Å². The number of rotatable bonds is 7. The lowest BCUT2D eigenvalue weighted by molar-refractivity contribution is 0.446. The maximum atomic E-state index is 12.3. The van der Waals surface area contributed by atoms with E-state index in [-0.39, 0.29) is 16.6 Å². The Hall–Kier alpha value is -7.11. The van der Waals surface area contributed by atoms with Crippen LogP contribution in [0, 0.1) is 6.92 Å². The van der Waals surface area contributed by atoms with Gasteiger partial charge in [0, 0.05) is 34.6 Å². The van der Waals surface area contributed by atoms with Gasteiger partial charge in [0.15, 0.2) is 0 Å². The van der Waals surface area contributed by atoms with Crippen LogP contribution in [0.1, 0.15) is 58.2 Å². The van der Waals surface area contributed by atoms with Crippen molar-refractivity contribution in [2.24, 2.45) is 0 Å². The first-order valence-electron chi connectivity index (χ1n) is 21.0. The highest BCUT2D eigenvalue weighted by Crippen LogP contribution is 2.45. The minimum absolute atomic E-state index is 0.177. The van der Waals surface area contributed by atoms with Crippen LogP contribution in [-0.2, 0) is 10.8 Å². The van der Waals surface area contributed by atoms with Crippen molar-refractivity contribution in [3.8, 4) is 78.6 Å². The number of imidazole rings is 1. The van der Waals surface area contributed by atoms with Crippen molar-refractivity contribution < 1.29 is 5.11 Å². The van der Waals surface area contributed by atoms with Crippen LogP contribution in [0.3, 0.4) is 0 Å². The Morgan fingerprint density at radius 2 is 1.10 bits per heavy atom. The third kappa shape index (κ3) is 7.53. The Bertz CT molecular complexity index is 3040. The Kier molecular flexibility index (Phi) is 9.99. The van der Waals surface area contributed by atoms with Gasteiger partial charge < -0.3 is 5.11 Å². The van der Waals surface area contributed by atoms with Gasteiger partial charge >= 0.3 is 0 Å². The summed E-state index contributed by atoms with van der Waals surface area (Å²) < 4.78 is 2.18. The normalized spacial score (nSPS) is 11.9. The van der Waals surface area contributed by atoms with E-state index in [1.807, 2.05) is 30.7 Å². The second kappa shape index (κ2) is 15.5. The number of hydrogen-bond donors (Lipinski definition) is 1. The van der Waals surface area contributed by atoms with Crippen LogP contribution in [0.15, 0.2) is 170 Å².